The predicted molar refractivity (Wildman–Crippen MR) is 81.0 cm³/mol. The van der Waals surface area contributed by atoms with Crippen molar-refractivity contribution in [3.05, 3.63) is 29.8 Å². The van der Waals surface area contributed by atoms with Crippen LogP contribution in [-0.2, 0) is 16.0 Å². The molecular formula is C15H22N3O3. The Morgan fingerprint density at radius 1 is 1.43 bits per heavy atom. The highest BCUT2D eigenvalue weighted by Crippen LogP contribution is 2.09. The van der Waals surface area contributed by atoms with Gasteiger partial charge in [-0.2, -0.15) is 0 Å². The van der Waals surface area contributed by atoms with Crippen molar-refractivity contribution in [2.75, 3.05) is 5.73 Å². The van der Waals surface area contributed by atoms with E-state index in [4.69, 9.17) is 11.5 Å². The molecule has 0 saturated carbocycles. The molecule has 0 bridgehead atoms. The SMILES string of the molecule is CC(C)C(O)[C@@H]([C]=O)NC(=O)[C@@H](N)Cc1cccc(N)c1. The van der Waals surface area contributed by atoms with E-state index in [1.165, 1.54) is 0 Å². The molecule has 0 aromatic heterocycles. The molecule has 6 nitrogen and oxygen atoms in total. The first-order valence-corrected chi connectivity index (χ1v) is 6.81. The van der Waals surface area contributed by atoms with Gasteiger partial charge >= 0.3 is 0 Å². The first-order valence-electron chi connectivity index (χ1n) is 6.81. The second-order valence-corrected chi connectivity index (χ2v) is 5.39. The summed E-state index contributed by atoms with van der Waals surface area (Å²) in [4.78, 5) is 22.8. The summed E-state index contributed by atoms with van der Waals surface area (Å²) >= 11 is 0. The van der Waals surface area contributed by atoms with Crippen LogP contribution in [0.3, 0.4) is 0 Å². The molecule has 1 aromatic carbocycles. The highest BCUT2D eigenvalue weighted by Gasteiger charge is 2.26. The van der Waals surface area contributed by atoms with E-state index < -0.39 is 24.1 Å². The summed E-state index contributed by atoms with van der Waals surface area (Å²) in [7, 11) is 0. The first kappa shape index (κ1) is 17.1. The molecule has 0 heterocycles. The largest absolute Gasteiger partial charge is 0.399 e. The Morgan fingerprint density at radius 2 is 2.10 bits per heavy atom. The quantitative estimate of drug-likeness (QED) is 0.517. The smallest absolute Gasteiger partial charge is 0.237 e. The number of benzene rings is 1. The van der Waals surface area contributed by atoms with Gasteiger partial charge in [-0.05, 0) is 30.0 Å². The topological polar surface area (TPSA) is 118 Å². The van der Waals surface area contributed by atoms with Gasteiger partial charge in [-0.3, -0.25) is 9.59 Å². The van der Waals surface area contributed by atoms with Gasteiger partial charge in [0.05, 0.1) is 12.1 Å². The molecule has 0 aliphatic rings. The Hall–Kier alpha value is -1.92. The first-order chi connectivity index (χ1) is 9.85. The van der Waals surface area contributed by atoms with Gasteiger partial charge in [0.15, 0.2) is 0 Å². The molecule has 1 unspecified atom stereocenters. The molecule has 21 heavy (non-hydrogen) atoms. The zero-order valence-electron chi connectivity index (χ0n) is 12.2. The number of amides is 1. The lowest BCUT2D eigenvalue weighted by Crippen LogP contribution is -2.52. The van der Waals surface area contributed by atoms with Crippen LogP contribution in [0.15, 0.2) is 24.3 Å². The van der Waals surface area contributed by atoms with Crippen molar-refractivity contribution in [2.45, 2.75) is 38.5 Å². The van der Waals surface area contributed by atoms with E-state index >= 15 is 0 Å². The predicted octanol–water partition coefficient (Wildman–Crippen LogP) is -0.250. The normalized spacial score (nSPS) is 15.3. The Morgan fingerprint density at radius 3 is 2.62 bits per heavy atom. The zero-order chi connectivity index (χ0) is 16.0. The number of hydrogen-bond acceptors (Lipinski definition) is 5. The summed E-state index contributed by atoms with van der Waals surface area (Å²) in [5, 5.41) is 12.2. The van der Waals surface area contributed by atoms with Crippen molar-refractivity contribution in [2.24, 2.45) is 11.7 Å². The monoisotopic (exact) mass is 292 g/mol. The molecule has 1 aromatic rings. The lowest BCUT2D eigenvalue weighted by molar-refractivity contribution is -0.123. The van der Waals surface area contributed by atoms with Crippen LogP contribution in [0.2, 0.25) is 0 Å². The summed E-state index contributed by atoms with van der Waals surface area (Å²) in [5.41, 5.74) is 12.9. The maximum Gasteiger partial charge on any atom is 0.237 e. The molecule has 0 fully saturated rings. The molecule has 115 valence electrons. The van der Waals surface area contributed by atoms with Crippen LogP contribution in [0.5, 0.6) is 0 Å². The Balaban J connectivity index is 2.63. The van der Waals surface area contributed by atoms with Crippen LogP contribution in [0.25, 0.3) is 0 Å². The van der Waals surface area contributed by atoms with Crippen molar-refractivity contribution >= 4 is 17.9 Å². The van der Waals surface area contributed by atoms with Gasteiger partial charge in [0.2, 0.25) is 12.2 Å². The van der Waals surface area contributed by atoms with Crippen LogP contribution < -0.4 is 16.8 Å². The van der Waals surface area contributed by atoms with E-state index in [2.05, 4.69) is 5.32 Å². The van der Waals surface area contributed by atoms with E-state index in [-0.39, 0.29) is 5.92 Å². The Labute approximate surface area is 124 Å². The number of hydrogen-bond donors (Lipinski definition) is 4. The molecule has 1 radical (unpaired) electrons. The number of nitrogens with two attached hydrogens (primary N) is 2. The van der Waals surface area contributed by atoms with E-state index in [9.17, 15) is 14.7 Å². The number of nitrogens with one attached hydrogen (secondary N) is 1. The number of aliphatic hydroxyl groups excluding tert-OH is 1. The van der Waals surface area contributed by atoms with Crippen molar-refractivity contribution < 1.29 is 14.7 Å². The molecule has 1 amide bonds. The fourth-order valence-corrected chi connectivity index (χ4v) is 1.90. The molecule has 3 atom stereocenters. The molecular weight excluding hydrogens is 270 g/mol. The lowest BCUT2D eigenvalue weighted by Gasteiger charge is -2.23. The van der Waals surface area contributed by atoms with Gasteiger partial charge in [0, 0.05) is 5.69 Å². The summed E-state index contributed by atoms with van der Waals surface area (Å²) in [5.74, 6) is -0.688. The van der Waals surface area contributed by atoms with Crippen LogP contribution in [0.1, 0.15) is 19.4 Å². The third-order valence-electron chi connectivity index (χ3n) is 3.19. The molecule has 0 spiro atoms. The maximum atomic E-state index is 12.0. The van der Waals surface area contributed by atoms with Gasteiger partial charge < -0.3 is 21.9 Å². The lowest BCUT2D eigenvalue weighted by atomic mass is 9.99. The third kappa shape index (κ3) is 5.17. The Kier molecular flexibility index (Phi) is 6.33. The number of carbonyl (C=O) groups excluding carboxylic acids is 2. The molecule has 1 rings (SSSR count). The summed E-state index contributed by atoms with van der Waals surface area (Å²) in [6, 6.07) is 5.16. The van der Waals surface area contributed by atoms with Gasteiger partial charge in [-0.1, -0.05) is 26.0 Å². The second-order valence-electron chi connectivity index (χ2n) is 5.39. The zero-order valence-corrected chi connectivity index (χ0v) is 12.2. The van der Waals surface area contributed by atoms with Crippen LogP contribution in [0, 0.1) is 5.92 Å². The van der Waals surface area contributed by atoms with Gasteiger partial charge in [0.1, 0.15) is 6.04 Å². The van der Waals surface area contributed by atoms with E-state index in [0.29, 0.717) is 12.1 Å². The molecule has 0 aliphatic heterocycles. The molecule has 0 saturated heterocycles. The summed E-state index contributed by atoms with van der Waals surface area (Å²) < 4.78 is 0. The minimum absolute atomic E-state index is 0.179. The minimum Gasteiger partial charge on any atom is -0.399 e. The van der Waals surface area contributed by atoms with Gasteiger partial charge in [0.25, 0.3) is 0 Å². The van der Waals surface area contributed by atoms with Crippen molar-refractivity contribution in [3.63, 3.8) is 0 Å². The van der Waals surface area contributed by atoms with E-state index in [1.54, 1.807) is 38.3 Å². The number of aliphatic hydroxyl groups is 1. The maximum absolute atomic E-state index is 12.0. The van der Waals surface area contributed by atoms with Gasteiger partial charge in [-0.25, -0.2) is 0 Å². The van der Waals surface area contributed by atoms with Crippen LogP contribution in [0.4, 0.5) is 5.69 Å². The fraction of sp³-hybridized carbons (Fsp3) is 0.467. The van der Waals surface area contributed by atoms with E-state index in [0.717, 1.165) is 5.56 Å². The average Bonchev–Trinajstić information content (AvgIpc) is 2.43. The second kappa shape index (κ2) is 7.75. The fourth-order valence-electron chi connectivity index (χ4n) is 1.90. The van der Waals surface area contributed by atoms with Crippen molar-refractivity contribution in [1.29, 1.82) is 0 Å². The van der Waals surface area contributed by atoms with Crippen LogP contribution in [-0.4, -0.2) is 35.5 Å². The number of rotatable bonds is 7. The summed E-state index contributed by atoms with van der Waals surface area (Å²) in [6.07, 6.45) is 0.932. The highest BCUT2D eigenvalue weighted by molar-refractivity contribution is 5.84. The highest BCUT2D eigenvalue weighted by atomic mass is 16.3. The number of nitrogen functional groups attached to an aromatic ring is 1. The molecule has 0 aliphatic carbocycles. The molecule has 6 heteroatoms. The van der Waals surface area contributed by atoms with Crippen molar-refractivity contribution in [3.8, 4) is 0 Å². The molecule has 6 N–H and O–H groups in total. The standard InChI is InChI=1S/C15H22N3O3/c1-9(2)14(20)13(8-19)18-15(21)12(17)7-10-4-3-5-11(16)6-10/h3-6,9,12-14,20H,7,16-17H2,1-2H3,(H,18,21)/t12-,13+,14?/m0/s1. The number of carbonyl (C=O) groups is 1. The van der Waals surface area contributed by atoms with Crippen molar-refractivity contribution in [1.82, 2.24) is 5.32 Å². The van der Waals surface area contributed by atoms with E-state index in [1.807, 2.05) is 6.07 Å². The minimum atomic E-state index is -1.08. The van der Waals surface area contributed by atoms with Crippen LogP contribution >= 0.6 is 0 Å². The average molecular weight is 292 g/mol. The Bertz CT molecular complexity index is 491. The third-order valence-corrected chi connectivity index (χ3v) is 3.19. The van der Waals surface area contributed by atoms with Gasteiger partial charge in [-0.15, -0.1) is 0 Å². The number of anilines is 1. The summed E-state index contributed by atoms with van der Waals surface area (Å²) in [6.45, 7) is 3.49.